The highest BCUT2D eigenvalue weighted by atomic mass is 19.1. The summed E-state index contributed by atoms with van der Waals surface area (Å²) in [6, 6.07) is 3.09. The minimum absolute atomic E-state index is 0.0474. The number of amides is 1. The van der Waals surface area contributed by atoms with Gasteiger partial charge in [-0.15, -0.1) is 0 Å². The first-order chi connectivity index (χ1) is 11.0. The van der Waals surface area contributed by atoms with E-state index in [1.54, 1.807) is 0 Å². The topological polar surface area (TPSA) is 92.4 Å². The Labute approximate surface area is 130 Å². The Morgan fingerprint density at radius 3 is 2.74 bits per heavy atom. The van der Waals surface area contributed by atoms with E-state index in [9.17, 15) is 18.4 Å². The van der Waals surface area contributed by atoms with Gasteiger partial charge in [-0.2, -0.15) is 0 Å². The van der Waals surface area contributed by atoms with Crippen molar-refractivity contribution in [3.05, 3.63) is 41.9 Å². The smallest absolute Gasteiger partial charge is 0.305 e. The number of aryl methyl sites for hydroxylation is 1. The zero-order chi connectivity index (χ0) is 16.8. The van der Waals surface area contributed by atoms with Crippen LogP contribution in [0.25, 0.3) is 11.3 Å². The Hall–Kier alpha value is -2.77. The highest BCUT2D eigenvalue weighted by Gasteiger charge is 2.13. The number of aromatic nitrogens is 1. The molecule has 0 spiro atoms. The number of carboxylic acid groups (broad SMARTS) is 1. The standard InChI is InChI=1S/C15H14F2N2O4/c16-9-1-2-10(11(17)7-9)12-8-19-14(23-12)4-3-13(20)18-6-5-15(21)22/h1-2,7-8H,3-6H2,(H,18,20)(H,21,22). The fraction of sp³-hybridized carbons (Fsp3) is 0.267. The van der Waals surface area contributed by atoms with Crippen LogP contribution in [0.4, 0.5) is 8.78 Å². The van der Waals surface area contributed by atoms with Crippen LogP contribution in [0.1, 0.15) is 18.7 Å². The number of nitrogens with one attached hydrogen (secondary N) is 1. The minimum Gasteiger partial charge on any atom is -0.481 e. The van der Waals surface area contributed by atoms with E-state index < -0.39 is 17.6 Å². The molecule has 23 heavy (non-hydrogen) atoms. The third-order valence-corrected chi connectivity index (χ3v) is 2.98. The van der Waals surface area contributed by atoms with Gasteiger partial charge in [0, 0.05) is 25.5 Å². The summed E-state index contributed by atoms with van der Waals surface area (Å²) in [5.41, 5.74) is 0.0797. The number of carbonyl (C=O) groups is 2. The van der Waals surface area contributed by atoms with Crippen LogP contribution in [0, 0.1) is 11.6 Å². The van der Waals surface area contributed by atoms with Gasteiger partial charge in [0.15, 0.2) is 11.7 Å². The summed E-state index contributed by atoms with van der Waals surface area (Å²) in [5.74, 6) is -2.41. The number of carboxylic acids is 1. The van der Waals surface area contributed by atoms with Crippen LogP contribution in [0.5, 0.6) is 0 Å². The number of nitrogens with zero attached hydrogens (tertiary/aromatic N) is 1. The molecule has 0 aliphatic carbocycles. The summed E-state index contributed by atoms with van der Waals surface area (Å²) < 4.78 is 31.8. The lowest BCUT2D eigenvalue weighted by Gasteiger charge is -2.02. The SMILES string of the molecule is O=C(O)CCNC(=O)CCc1ncc(-c2ccc(F)cc2F)o1. The van der Waals surface area contributed by atoms with Crippen LogP contribution in [0.15, 0.2) is 28.8 Å². The van der Waals surface area contributed by atoms with E-state index in [4.69, 9.17) is 9.52 Å². The first kappa shape index (κ1) is 16.6. The van der Waals surface area contributed by atoms with E-state index in [0.29, 0.717) is 0 Å². The number of carbonyl (C=O) groups excluding carboxylic acids is 1. The van der Waals surface area contributed by atoms with E-state index in [-0.39, 0.29) is 48.9 Å². The van der Waals surface area contributed by atoms with E-state index in [1.807, 2.05) is 0 Å². The molecule has 122 valence electrons. The molecule has 8 heteroatoms. The molecular formula is C15H14F2N2O4. The molecule has 1 amide bonds. The predicted molar refractivity (Wildman–Crippen MR) is 75.4 cm³/mol. The summed E-state index contributed by atoms with van der Waals surface area (Å²) in [6.45, 7) is 0.0474. The molecule has 6 nitrogen and oxygen atoms in total. The Kier molecular flexibility index (Phi) is 5.40. The largest absolute Gasteiger partial charge is 0.481 e. The van der Waals surface area contributed by atoms with Gasteiger partial charge in [0.25, 0.3) is 0 Å². The molecule has 0 bridgehead atoms. The first-order valence-electron chi connectivity index (χ1n) is 6.84. The summed E-state index contributed by atoms with van der Waals surface area (Å²) in [6.07, 6.45) is 1.39. The lowest BCUT2D eigenvalue weighted by Crippen LogP contribution is -2.26. The van der Waals surface area contributed by atoms with Crippen molar-refractivity contribution >= 4 is 11.9 Å². The van der Waals surface area contributed by atoms with Gasteiger partial charge in [-0.25, -0.2) is 13.8 Å². The number of hydrogen-bond acceptors (Lipinski definition) is 4. The van der Waals surface area contributed by atoms with E-state index in [1.165, 1.54) is 12.3 Å². The Morgan fingerprint density at radius 2 is 2.04 bits per heavy atom. The van der Waals surface area contributed by atoms with E-state index in [2.05, 4.69) is 10.3 Å². The molecule has 2 rings (SSSR count). The highest BCUT2D eigenvalue weighted by Crippen LogP contribution is 2.24. The number of halogens is 2. The molecule has 0 aliphatic rings. The molecule has 0 aliphatic heterocycles. The molecular weight excluding hydrogens is 310 g/mol. The maximum absolute atomic E-state index is 13.6. The number of benzene rings is 1. The summed E-state index contributed by atoms with van der Waals surface area (Å²) >= 11 is 0. The Bertz CT molecular complexity index is 715. The van der Waals surface area contributed by atoms with Gasteiger partial charge in [-0.1, -0.05) is 0 Å². The molecule has 0 unspecified atom stereocenters. The van der Waals surface area contributed by atoms with Gasteiger partial charge in [0.1, 0.15) is 11.6 Å². The van der Waals surface area contributed by atoms with Crippen LogP contribution < -0.4 is 5.32 Å². The van der Waals surface area contributed by atoms with Crippen molar-refractivity contribution in [3.63, 3.8) is 0 Å². The van der Waals surface area contributed by atoms with E-state index >= 15 is 0 Å². The number of hydrogen-bond donors (Lipinski definition) is 2. The van der Waals surface area contributed by atoms with Gasteiger partial charge in [0.2, 0.25) is 5.91 Å². The van der Waals surface area contributed by atoms with Gasteiger partial charge < -0.3 is 14.8 Å². The van der Waals surface area contributed by atoms with Crippen LogP contribution in [0.3, 0.4) is 0 Å². The molecule has 0 fully saturated rings. The molecule has 1 aromatic carbocycles. The Balaban J connectivity index is 1.90. The van der Waals surface area contributed by atoms with Gasteiger partial charge >= 0.3 is 5.97 Å². The van der Waals surface area contributed by atoms with Crippen LogP contribution in [-0.4, -0.2) is 28.5 Å². The number of rotatable bonds is 7. The van der Waals surface area contributed by atoms with Crippen LogP contribution >= 0.6 is 0 Å². The van der Waals surface area contributed by atoms with Crippen molar-refractivity contribution in [2.45, 2.75) is 19.3 Å². The van der Waals surface area contributed by atoms with Crippen molar-refractivity contribution in [3.8, 4) is 11.3 Å². The van der Waals surface area contributed by atoms with Gasteiger partial charge in [0.05, 0.1) is 18.2 Å². The zero-order valence-electron chi connectivity index (χ0n) is 12.0. The Morgan fingerprint density at radius 1 is 1.26 bits per heavy atom. The molecule has 0 radical (unpaired) electrons. The van der Waals surface area contributed by atoms with Crippen LogP contribution in [-0.2, 0) is 16.0 Å². The maximum atomic E-state index is 13.6. The van der Waals surface area contributed by atoms with Crippen molar-refractivity contribution < 1.29 is 27.9 Å². The normalized spacial score (nSPS) is 10.5. The lowest BCUT2D eigenvalue weighted by molar-refractivity contribution is -0.136. The van der Waals surface area contributed by atoms with E-state index in [0.717, 1.165) is 12.1 Å². The highest BCUT2D eigenvalue weighted by molar-refractivity contribution is 5.76. The average Bonchev–Trinajstić information content (AvgIpc) is 2.93. The fourth-order valence-electron chi connectivity index (χ4n) is 1.86. The zero-order valence-corrected chi connectivity index (χ0v) is 12.0. The number of oxazole rings is 1. The molecule has 1 aromatic heterocycles. The second-order valence-corrected chi connectivity index (χ2v) is 4.74. The summed E-state index contributed by atoms with van der Waals surface area (Å²) in [4.78, 5) is 25.7. The van der Waals surface area contributed by atoms with Gasteiger partial charge in [-0.05, 0) is 12.1 Å². The lowest BCUT2D eigenvalue weighted by atomic mass is 10.2. The quantitative estimate of drug-likeness (QED) is 0.814. The van der Waals surface area contributed by atoms with Crippen molar-refractivity contribution in [2.24, 2.45) is 0 Å². The molecule has 0 saturated heterocycles. The molecule has 1 heterocycles. The van der Waals surface area contributed by atoms with Crippen molar-refractivity contribution in [2.75, 3.05) is 6.54 Å². The molecule has 2 aromatic rings. The minimum atomic E-state index is -0.996. The van der Waals surface area contributed by atoms with Crippen molar-refractivity contribution in [1.82, 2.24) is 10.3 Å². The van der Waals surface area contributed by atoms with Gasteiger partial charge in [-0.3, -0.25) is 9.59 Å². The molecule has 0 atom stereocenters. The second kappa shape index (κ2) is 7.48. The third-order valence-electron chi connectivity index (χ3n) is 2.98. The molecule has 2 N–H and O–H groups in total. The summed E-state index contributed by atoms with van der Waals surface area (Å²) in [5, 5.41) is 10.9. The predicted octanol–water partition coefficient (Wildman–Crippen LogP) is 2.14. The first-order valence-corrected chi connectivity index (χ1v) is 6.84. The maximum Gasteiger partial charge on any atom is 0.305 e. The van der Waals surface area contributed by atoms with Crippen molar-refractivity contribution in [1.29, 1.82) is 0 Å². The molecule has 0 saturated carbocycles. The monoisotopic (exact) mass is 324 g/mol. The fourth-order valence-corrected chi connectivity index (χ4v) is 1.86. The second-order valence-electron chi connectivity index (χ2n) is 4.74. The average molecular weight is 324 g/mol. The third kappa shape index (κ3) is 4.87. The summed E-state index contributed by atoms with van der Waals surface area (Å²) in [7, 11) is 0. The number of aliphatic carboxylic acids is 1. The van der Waals surface area contributed by atoms with Crippen LogP contribution in [0.2, 0.25) is 0 Å².